The van der Waals surface area contributed by atoms with Crippen LogP contribution in [0.5, 0.6) is 0 Å². The molecule has 2 bridgehead atoms. The Morgan fingerprint density at radius 3 is 2.17 bits per heavy atom. The second kappa shape index (κ2) is 4.77. The fraction of sp³-hybridized carbons (Fsp3) is 0.300. The summed E-state index contributed by atoms with van der Waals surface area (Å²) >= 11 is 0. The Kier molecular flexibility index (Phi) is 3.00. The van der Waals surface area contributed by atoms with Crippen LogP contribution < -0.4 is 4.90 Å². The zero-order valence-corrected chi connectivity index (χ0v) is 13.9. The number of anilines is 1. The van der Waals surface area contributed by atoms with Crippen molar-refractivity contribution in [2.45, 2.75) is 32.0 Å². The van der Waals surface area contributed by atoms with Crippen molar-refractivity contribution in [2.24, 2.45) is 5.92 Å². The third kappa shape index (κ3) is 1.66. The molecular formula is C20H19NO3. The minimum Gasteiger partial charge on any atom is -0.343 e. The highest BCUT2D eigenvalue weighted by atomic mass is 16.6. The van der Waals surface area contributed by atoms with E-state index in [4.69, 9.17) is 4.74 Å². The van der Waals surface area contributed by atoms with Crippen LogP contribution in [0.25, 0.3) is 0 Å². The normalized spacial score (nSPS) is 31.8. The van der Waals surface area contributed by atoms with Crippen LogP contribution in [0, 0.1) is 12.8 Å². The first-order chi connectivity index (χ1) is 11.4. The van der Waals surface area contributed by atoms with Crippen LogP contribution in [0.3, 0.4) is 0 Å². The van der Waals surface area contributed by atoms with E-state index in [2.05, 4.69) is 0 Å². The molecule has 3 atom stereocenters. The number of rotatable bonds is 2. The zero-order valence-electron chi connectivity index (χ0n) is 13.9. The predicted octanol–water partition coefficient (Wildman–Crippen LogP) is 3.19. The zero-order chi connectivity index (χ0) is 17.1. The Morgan fingerprint density at radius 1 is 0.958 bits per heavy atom. The Balaban J connectivity index is 1.85. The van der Waals surface area contributed by atoms with Crippen LogP contribution >= 0.6 is 0 Å². The lowest BCUT2D eigenvalue weighted by Gasteiger charge is -2.63. The van der Waals surface area contributed by atoms with Gasteiger partial charge in [-0.3, -0.25) is 9.59 Å². The number of imide groups is 1. The van der Waals surface area contributed by atoms with E-state index in [1.54, 1.807) is 6.92 Å². The van der Waals surface area contributed by atoms with Gasteiger partial charge in [0.1, 0.15) is 0 Å². The van der Waals surface area contributed by atoms with Crippen LogP contribution in [0.4, 0.5) is 5.69 Å². The number of carbonyl (C=O) groups is 2. The molecule has 2 amide bonds. The van der Waals surface area contributed by atoms with Gasteiger partial charge in [-0.05, 0) is 31.5 Å². The molecule has 3 heterocycles. The maximum Gasteiger partial charge on any atom is 0.271 e. The van der Waals surface area contributed by atoms with Crippen molar-refractivity contribution in [3.8, 4) is 0 Å². The van der Waals surface area contributed by atoms with E-state index in [0.29, 0.717) is 5.69 Å². The number of amides is 2. The van der Waals surface area contributed by atoms with Crippen molar-refractivity contribution in [3.05, 3.63) is 65.7 Å². The fourth-order valence-corrected chi connectivity index (χ4v) is 3.83. The van der Waals surface area contributed by atoms with Gasteiger partial charge in [0.2, 0.25) is 0 Å². The Morgan fingerprint density at radius 2 is 1.58 bits per heavy atom. The van der Waals surface area contributed by atoms with Crippen LogP contribution in [-0.2, 0) is 19.9 Å². The molecule has 4 nitrogen and oxygen atoms in total. The summed E-state index contributed by atoms with van der Waals surface area (Å²) < 4.78 is 6.01. The Bertz CT molecular complexity index is 830. The summed E-state index contributed by atoms with van der Waals surface area (Å²) in [7, 11) is 0. The number of carbonyl (C=O) groups excluding carboxylic acids is 2. The number of morpholine rings is 1. The molecule has 0 radical (unpaired) electrons. The van der Waals surface area contributed by atoms with E-state index in [-0.39, 0.29) is 17.7 Å². The van der Waals surface area contributed by atoms with E-state index < -0.39 is 11.2 Å². The van der Waals surface area contributed by atoms with E-state index in [0.717, 1.165) is 11.1 Å². The van der Waals surface area contributed by atoms with E-state index in [9.17, 15) is 9.59 Å². The summed E-state index contributed by atoms with van der Waals surface area (Å²) in [6.07, 6.45) is 0. The highest BCUT2D eigenvalue weighted by Crippen LogP contribution is 2.58. The molecule has 24 heavy (non-hydrogen) atoms. The highest BCUT2D eigenvalue weighted by molar-refractivity contribution is 6.24. The smallest absolute Gasteiger partial charge is 0.271 e. The molecule has 0 saturated carbocycles. The molecule has 5 rings (SSSR count). The summed E-state index contributed by atoms with van der Waals surface area (Å²) in [5.41, 5.74) is 0.403. The van der Waals surface area contributed by atoms with E-state index in [1.165, 1.54) is 4.90 Å². The average molecular weight is 321 g/mol. The van der Waals surface area contributed by atoms with Crippen molar-refractivity contribution in [1.29, 1.82) is 0 Å². The third-order valence-electron chi connectivity index (χ3n) is 5.45. The van der Waals surface area contributed by atoms with Crippen LogP contribution in [0.15, 0.2) is 54.6 Å². The molecule has 0 spiro atoms. The number of benzene rings is 2. The van der Waals surface area contributed by atoms with Crippen LogP contribution in [-0.4, -0.2) is 17.4 Å². The van der Waals surface area contributed by atoms with Crippen molar-refractivity contribution in [1.82, 2.24) is 0 Å². The topological polar surface area (TPSA) is 46.6 Å². The van der Waals surface area contributed by atoms with Gasteiger partial charge in [0.15, 0.2) is 11.2 Å². The lowest BCUT2D eigenvalue weighted by atomic mass is 9.62. The van der Waals surface area contributed by atoms with Crippen molar-refractivity contribution < 1.29 is 14.3 Å². The summed E-state index contributed by atoms with van der Waals surface area (Å²) in [6.45, 7) is 5.66. The van der Waals surface area contributed by atoms with Crippen molar-refractivity contribution >= 4 is 17.5 Å². The first-order valence-corrected chi connectivity index (χ1v) is 8.12. The van der Waals surface area contributed by atoms with Crippen LogP contribution in [0.2, 0.25) is 0 Å². The largest absolute Gasteiger partial charge is 0.343 e. The standard InChI is InChI=1S/C20H19NO3/c1-13-9-11-16(12-10-13)21-17(22)19(3)14(2)20(24-19,18(21)23)15-7-5-4-6-8-15/h4-12,14H,1-3H3. The SMILES string of the molecule is Cc1ccc(N2C(=O)C3(C)OC(c4ccccc4)(C2=O)C3C)cc1. The van der Waals surface area contributed by atoms with Gasteiger partial charge in [-0.1, -0.05) is 55.0 Å². The van der Waals surface area contributed by atoms with Crippen LogP contribution in [0.1, 0.15) is 25.0 Å². The van der Waals surface area contributed by atoms with Crippen molar-refractivity contribution in [2.75, 3.05) is 4.90 Å². The number of aryl methyl sites for hydroxylation is 1. The lowest BCUT2D eigenvalue weighted by molar-refractivity contribution is -0.298. The van der Waals surface area contributed by atoms with Gasteiger partial charge in [-0.15, -0.1) is 0 Å². The quantitative estimate of drug-likeness (QED) is 0.798. The number of nitrogens with zero attached hydrogens (tertiary/aromatic N) is 1. The second-order valence-electron chi connectivity index (χ2n) is 6.81. The first-order valence-electron chi connectivity index (χ1n) is 8.12. The number of hydrogen-bond acceptors (Lipinski definition) is 3. The minimum atomic E-state index is -1.09. The summed E-state index contributed by atoms with van der Waals surface area (Å²) in [6, 6.07) is 16.9. The van der Waals surface area contributed by atoms with E-state index in [1.807, 2.05) is 68.4 Å². The molecular weight excluding hydrogens is 302 g/mol. The number of ether oxygens (including phenoxy) is 1. The molecule has 3 fully saturated rings. The summed E-state index contributed by atoms with van der Waals surface area (Å²) in [5, 5.41) is 0. The monoisotopic (exact) mass is 321 g/mol. The predicted molar refractivity (Wildman–Crippen MR) is 90.4 cm³/mol. The van der Waals surface area contributed by atoms with Gasteiger partial charge in [0.25, 0.3) is 11.8 Å². The van der Waals surface area contributed by atoms with E-state index >= 15 is 0 Å². The van der Waals surface area contributed by atoms with Crippen molar-refractivity contribution in [3.63, 3.8) is 0 Å². The fourth-order valence-electron chi connectivity index (χ4n) is 3.83. The minimum absolute atomic E-state index is 0.214. The van der Waals surface area contributed by atoms with Gasteiger partial charge in [-0.25, -0.2) is 4.90 Å². The molecule has 3 aliphatic heterocycles. The molecule has 0 N–H and O–H groups in total. The average Bonchev–Trinajstić information content (AvgIpc) is 2.60. The summed E-state index contributed by atoms with van der Waals surface area (Å²) in [5.74, 6) is -0.811. The number of hydrogen-bond donors (Lipinski definition) is 0. The van der Waals surface area contributed by atoms with Gasteiger partial charge < -0.3 is 4.74 Å². The highest BCUT2D eigenvalue weighted by Gasteiger charge is 2.75. The maximum absolute atomic E-state index is 13.3. The molecule has 0 aliphatic carbocycles. The van der Waals surface area contributed by atoms with Gasteiger partial charge in [0.05, 0.1) is 5.69 Å². The molecule has 0 aromatic heterocycles. The summed E-state index contributed by atoms with van der Waals surface area (Å²) in [4.78, 5) is 27.5. The van der Waals surface area contributed by atoms with Gasteiger partial charge in [0, 0.05) is 5.92 Å². The molecule has 3 unspecified atom stereocenters. The number of piperidine rings is 1. The molecule has 3 aliphatic rings. The molecule has 122 valence electrons. The molecule has 3 saturated heterocycles. The second-order valence-corrected chi connectivity index (χ2v) is 6.81. The number of fused-ring (bicyclic) bond motifs is 2. The lowest BCUT2D eigenvalue weighted by Crippen LogP contribution is -2.81. The van der Waals surface area contributed by atoms with Gasteiger partial charge in [-0.2, -0.15) is 0 Å². The molecule has 2 aromatic carbocycles. The Hall–Kier alpha value is -2.46. The Labute approximate surface area is 141 Å². The van der Waals surface area contributed by atoms with Gasteiger partial charge >= 0.3 is 0 Å². The third-order valence-corrected chi connectivity index (χ3v) is 5.45. The maximum atomic E-state index is 13.3. The molecule has 2 aromatic rings. The molecule has 4 heteroatoms. The first kappa shape index (κ1) is 15.1.